The minimum atomic E-state index is 0.162. The van der Waals surface area contributed by atoms with Crippen molar-refractivity contribution < 1.29 is 9.90 Å². The van der Waals surface area contributed by atoms with Gasteiger partial charge in [0.2, 0.25) is 5.91 Å². The SMILES string of the molecule is CCNC(=NCC1(CCO)CCCCC1)NCCCC(=O)NC1CC1. The first-order valence-electron chi connectivity index (χ1n) is 10.1. The molecule has 0 aromatic carbocycles. The van der Waals surface area contributed by atoms with Crippen LogP contribution in [-0.4, -0.2) is 49.3 Å². The average molecular weight is 353 g/mol. The quantitative estimate of drug-likeness (QED) is 0.275. The second-order valence-corrected chi connectivity index (χ2v) is 7.60. The fourth-order valence-electron chi connectivity index (χ4n) is 3.60. The number of rotatable bonds is 10. The Labute approximate surface area is 152 Å². The number of hydrogen-bond donors (Lipinski definition) is 4. The molecule has 2 aliphatic carbocycles. The van der Waals surface area contributed by atoms with Crippen LogP contribution in [0, 0.1) is 5.41 Å². The van der Waals surface area contributed by atoms with Gasteiger partial charge in [-0.25, -0.2) is 0 Å². The van der Waals surface area contributed by atoms with Gasteiger partial charge >= 0.3 is 0 Å². The Hall–Kier alpha value is -1.30. The lowest BCUT2D eigenvalue weighted by Gasteiger charge is -2.35. The van der Waals surface area contributed by atoms with Crippen molar-refractivity contribution in [2.45, 2.75) is 77.2 Å². The summed E-state index contributed by atoms with van der Waals surface area (Å²) in [4.78, 5) is 16.5. The summed E-state index contributed by atoms with van der Waals surface area (Å²) >= 11 is 0. The number of guanidine groups is 1. The highest BCUT2D eigenvalue weighted by atomic mass is 16.3. The predicted molar refractivity (Wildman–Crippen MR) is 102 cm³/mol. The van der Waals surface area contributed by atoms with Crippen LogP contribution >= 0.6 is 0 Å². The van der Waals surface area contributed by atoms with E-state index in [1.165, 1.54) is 19.3 Å². The van der Waals surface area contributed by atoms with Crippen molar-refractivity contribution in [1.29, 1.82) is 0 Å². The smallest absolute Gasteiger partial charge is 0.220 e. The Morgan fingerprint density at radius 3 is 2.60 bits per heavy atom. The largest absolute Gasteiger partial charge is 0.396 e. The lowest BCUT2D eigenvalue weighted by Crippen LogP contribution is -2.39. The highest BCUT2D eigenvalue weighted by Gasteiger charge is 2.31. The number of hydrogen-bond acceptors (Lipinski definition) is 3. The molecular formula is C19H36N4O2. The van der Waals surface area contributed by atoms with E-state index in [4.69, 9.17) is 4.99 Å². The van der Waals surface area contributed by atoms with Crippen molar-refractivity contribution >= 4 is 11.9 Å². The molecule has 2 saturated carbocycles. The molecule has 25 heavy (non-hydrogen) atoms. The molecule has 1 amide bonds. The van der Waals surface area contributed by atoms with Crippen molar-refractivity contribution in [1.82, 2.24) is 16.0 Å². The lowest BCUT2D eigenvalue weighted by molar-refractivity contribution is -0.121. The number of nitrogens with one attached hydrogen (secondary N) is 3. The van der Waals surface area contributed by atoms with Crippen LogP contribution in [0.15, 0.2) is 4.99 Å². The molecule has 0 atom stereocenters. The molecule has 6 nitrogen and oxygen atoms in total. The van der Waals surface area contributed by atoms with E-state index < -0.39 is 0 Å². The number of nitrogens with zero attached hydrogens (tertiary/aromatic N) is 1. The van der Waals surface area contributed by atoms with Crippen molar-refractivity contribution in [3.63, 3.8) is 0 Å². The summed E-state index contributed by atoms with van der Waals surface area (Å²) in [7, 11) is 0. The van der Waals surface area contributed by atoms with Crippen LogP contribution in [0.25, 0.3) is 0 Å². The molecule has 0 heterocycles. The first-order valence-corrected chi connectivity index (χ1v) is 10.1. The molecule has 0 saturated heterocycles. The molecule has 0 aromatic heterocycles. The van der Waals surface area contributed by atoms with E-state index in [-0.39, 0.29) is 17.9 Å². The molecular weight excluding hydrogens is 316 g/mol. The van der Waals surface area contributed by atoms with E-state index in [2.05, 4.69) is 22.9 Å². The Kier molecular flexibility index (Phi) is 8.52. The summed E-state index contributed by atoms with van der Waals surface area (Å²) in [5.74, 6) is 0.989. The number of aliphatic imine (C=N–C) groups is 1. The number of amides is 1. The Bertz CT molecular complexity index is 424. The fourth-order valence-corrected chi connectivity index (χ4v) is 3.60. The van der Waals surface area contributed by atoms with Crippen LogP contribution in [0.4, 0.5) is 0 Å². The van der Waals surface area contributed by atoms with Crippen LogP contribution < -0.4 is 16.0 Å². The summed E-state index contributed by atoms with van der Waals surface area (Å²) < 4.78 is 0. The van der Waals surface area contributed by atoms with Gasteiger partial charge in [0.15, 0.2) is 5.96 Å². The van der Waals surface area contributed by atoms with Crippen molar-refractivity contribution in [3.8, 4) is 0 Å². The number of aliphatic hydroxyl groups excluding tert-OH is 1. The fraction of sp³-hybridized carbons (Fsp3) is 0.895. The van der Waals surface area contributed by atoms with Gasteiger partial charge in [0.05, 0.1) is 0 Å². The molecule has 4 N–H and O–H groups in total. The molecule has 0 radical (unpaired) electrons. The molecule has 2 fully saturated rings. The maximum Gasteiger partial charge on any atom is 0.220 e. The van der Waals surface area contributed by atoms with Crippen LogP contribution in [0.5, 0.6) is 0 Å². The number of carbonyl (C=O) groups excluding carboxylic acids is 1. The lowest BCUT2D eigenvalue weighted by atomic mass is 9.72. The van der Waals surface area contributed by atoms with Gasteiger partial charge in [0.25, 0.3) is 0 Å². The predicted octanol–water partition coefficient (Wildman–Crippen LogP) is 1.93. The summed E-state index contributed by atoms with van der Waals surface area (Å²) in [5, 5.41) is 19.1. The zero-order chi connectivity index (χ0) is 18.0. The topological polar surface area (TPSA) is 85.8 Å². The molecule has 0 aliphatic heterocycles. The third-order valence-electron chi connectivity index (χ3n) is 5.29. The summed E-state index contributed by atoms with van der Waals surface area (Å²) in [6.07, 6.45) is 10.6. The maximum absolute atomic E-state index is 11.7. The molecule has 0 bridgehead atoms. The number of carbonyl (C=O) groups is 1. The van der Waals surface area contributed by atoms with Crippen LogP contribution in [0.3, 0.4) is 0 Å². The van der Waals surface area contributed by atoms with Gasteiger partial charge in [0, 0.05) is 38.7 Å². The molecule has 2 aliphatic rings. The van der Waals surface area contributed by atoms with Gasteiger partial charge in [-0.1, -0.05) is 19.3 Å². The van der Waals surface area contributed by atoms with E-state index in [0.717, 1.165) is 64.1 Å². The van der Waals surface area contributed by atoms with Crippen LogP contribution in [-0.2, 0) is 4.79 Å². The summed E-state index contributed by atoms with van der Waals surface area (Å²) in [6.45, 7) is 4.64. The van der Waals surface area contributed by atoms with Gasteiger partial charge in [-0.2, -0.15) is 0 Å². The first-order chi connectivity index (χ1) is 12.2. The second kappa shape index (κ2) is 10.6. The van der Waals surface area contributed by atoms with Crippen LogP contribution in [0.2, 0.25) is 0 Å². The van der Waals surface area contributed by atoms with Gasteiger partial charge in [0.1, 0.15) is 0 Å². The molecule has 2 rings (SSSR count). The van der Waals surface area contributed by atoms with E-state index in [9.17, 15) is 9.90 Å². The van der Waals surface area contributed by atoms with Gasteiger partial charge in [-0.15, -0.1) is 0 Å². The van der Waals surface area contributed by atoms with Crippen molar-refractivity contribution in [2.24, 2.45) is 10.4 Å². The standard InChI is InChI=1S/C19H36N4O2/c1-2-20-18(21-13-6-7-17(25)23-16-8-9-16)22-15-19(12-14-24)10-4-3-5-11-19/h16,24H,2-15H2,1H3,(H,23,25)(H2,20,21,22). The normalized spacial score (nSPS) is 20.2. The molecule has 0 unspecified atom stereocenters. The van der Waals surface area contributed by atoms with E-state index in [1.807, 2.05) is 0 Å². The molecule has 144 valence electrons. The molecule has 0 aromatic rings. The minimum Gasteiger partial charge on any atom is -0.396 e. The Morgan fingerprint density at radius 2 is 1.96 bits per heavy atom. The monoisotopic (exact) mass is 352 g/mol. The van der Waals surface area contributed by atoms with Gasteiger partial charge in [-0.05, 0) is 50.9 Å². The van der Waals surface area contributed by atoms with E-state index >= 15 is 0 Å². The Balaban J connectivity index is 1.74. The molecule has 6 heteroatoms. The van der Waals surface area contributed by atoms with Gasteiger partial charge in [-0.3, -0.25) is 9.79 Å². The number of aliphatic hydroxyl groups is 1. The van der Waals surface area contributed by atoms with Crippen molar-refractivity contribution in [3.05, 3.63) is 0 Å². The molecule has 0 spiro atoms. The van der Waals surface area contributed by atoms with Crippen LogP contribution in [0.1, 0.15) is 71.1 Å². The third kappa shape index (κ3) is 7.63. The first kappa shape index (κ1) is 20.0. The van der Waals surface area contributed by atoms with Crippen molar-refractivity contribution in [2.75, 3.05) is 26.2 Å². The van der Waals surface area contributed by atoms with Gasteiger partial charge < -0.3 is 21.1 Å². The third-order valence-corrected chi connectivity index (χ3v) is 5.29. The van der Waals surface area contributed by atoms with E-state index in [0.29, 0.717) is 12.5 Å². The second-order valence-electron chi connectivity index (χ2n) is 7.60. The zero-order valence-corrected chi connectivity index (χ0v) is 15.8. The highest BCUT2D eigenvalue weighted by molar-refractivity contribution is 5.80. The zero-order valence-electron chi connectivity index (χ0n) is 15.8. The van der Waals surface area contributed by atoms with E-state index in [1.54, 1.807) is 0 Å². The maximum atomic E-state index is 11.7. The highest BCUT2D eigenvalue weighted by Crippen LogP contribution is 2.39. The Morgan fingerprint density at radius 1 is 1.20 bits per heavy atom. The average Bonchev–Trinajstić information content (AvgIpc) is 3.41. The minimum absolute atomic E-state index is 0.162. The summed E-state index contributed by atoms with van der Waals surface area (Å²) in [6, 6.07) is 0.442. The summed E-state index contributed by atoms with van der Waals surface area (Å²) in [5.41, 5.74) is 0.166.